The first-order valence-corrected chi connectivity index (χ1v) is 4.92. The number of carbonyl (C=O) groups is 1. The summed E-state index contributed by atoms with van der Waals surface area (Å²) >= 11 is 0. The Balaban J connectivity index is 2.48. The monoisotopic (exact) mass is 198 g/mol. The van der Waals surface area contributed by atoms with E-state index in [9.17, 15) is 4.79 Å². The number of rotatable bonds is 3. The molecule has 1 aliphatic heterocycles. The van der Waals surface area contributed by atoms with Crippen molar-refractivity contribution >= 4 is 5.91 Å². The van der Waals surface area contributed by atoms with Crippen molar-refractivity contribution in [2.24, 2.45) is 0 Å². The molecule has 0 saturated heterocycles. The Morgan fingerprint density at radius 1 is 1.79 bits per heavy atom. The van der Waals surface area contributed by atoms with Crippen LogP contribution >= 0.6 is 0 Å². The van der Waals surface area contributed by atoms with E-state index in [-0.39, 0.29) is 18.6 Å². The summed E-state index contributed by atoms with van der Waals surface area (Å²) < 4.78 is 0. The van der Waals surface area contributed by atoms with Crippen molar-refractivity contribution in [1.29, 1.82) is 0 Å². The number of carbonyl (C=O) groups excluding carboxylic acids is 1. The summed E-state index contributed by atoms with van der Waals surface area (Å²) in [5.41, 5.74) is 0.805. The highest BCUT2D eigenvalue weighted by Gasteiger charge is 2.16. The summed E-state index contributed by atoms with van der Waals surface area (Å²) in [6.07, 6.45) is 2.90. The fourth-order valence-electron chi connectivity index (χ4n) is 1.42. The van der Waals surface area contributed by atoms with Crippen molar-refractivity contribution in [3.05, 3.63) is 11.6 Å². The van der Waals surface area contributed by atoms with Gasteiger partial charge in [0.15, 0.2) is 0 Å². The number of nitrogens with zero attached hydrogens (tertiary/aromatic N) is 1. The molecule has 1 unspecified atom stereocenters. The SMILES string of the molecule is CC(CO)NC(=O)C1=CCCN(C)C1. The Bertz CT molecular complexity index is 238. The predicted octanol–water partition coefficient (Wildman–Crippen LogP) is -0.255. The molecular weight excluding hydrogens is 180 g/mol. The lowest BCUT2D eigenvalue weighted by Crippen LogP contribution is -2.39. The van der Waals surface area contributed by atoms with Gasteiger partial charge in [-0.1, -0.05) is 6.08 Å². The lowest BCUT2D eigenvalue weighted by Gasteiger charge is -2.23. The number of aliphatic hydroxyl groups is 1. The molecule has 14 heavy (non-hydrogen) atoms. The third-order valence-corrected chi connectivity index (χ3v) is 2.28. The molecule has 4 heteroatoms. The van der Waals surface area contributed by atoms with Crippen LogP contribution in [0.3, 0.4) is 0 Å². The van der Waals surface area contributed by atoms with Gasteiger partial charge in [0.25, 0.3) is 0 Å². The number of likely N-dealkylation sites (N-methyl/N-ethyl adjacent to an activating group) is 1. The Morgan fingerprint density at radius 2 is 2.50 bits per heavy atom. The molecule has 0 radical (unpaired) electrons. The van der Waals surface area contributed by atoms with Gasteiger partial charge in [-0.15, -0.1) is 0 Å². The molecule has 1 amide bonds. The molecule has 0 aromatic rings. The molecule has 0 aliphatic carbocycles. The maximum Gasteiger partial charge on any atom is 0.248 e. The van der Waals surface area contributed by atoms with Gasteiger partial charge in [0.2, 0.25) is 5.91 Å². The maximum atomic E-state index is 11.6. The van der Waals surface area contributed by atoms with Crippen LogP contribution in [0.2, 0.25) is 0 Å². The van der Waals surface area contributed by atoms with E-state index < -0.39 is 0 Å². The van der Waals surface area contributed by atoms with E-state index in [2.05, 4.69) is 10.2 Å². The molecule has 1 rings (SSSR count). The minimum atomic E-state index is -0.171. The third kappa shape index (κ3) is 3.12. The van der Waals surface area contributed by atoms with Gasteiger partial charge in [-0.25, -0.2) is 0 Å². The Kier molecular flexibility index (Phi) is 4.10. The first-order chi connectivity index (χ1) is 6.63. The highest BCUT2D eigenvalue weighted by atomic mass is 16.3. The largest absolute Gasteiger partial charge is 0.394 e. The van der Waals surface area contributed by atoms with Crippen LogP contribution in [0.15, 0.2) is 11.6 Å². The van der Waals surface area contributed by atoms with Gasteiger partial charge in [-0.2, -0.15) is 0 Å². The first-order valence-electron chi connectivity index (χ1n) is 4.92. The molecule has 1 atom stereocenters. The van der Waals surface area contributed by atoms with Crippen LogP contribution in [0, 0.1) is 0 Å². The molecule has 0 saturated carbocycles. The Morgan fingerprint density at radius 3 is 3.07 bits per heavy atom. The quantitative estimate of drug-likeness (QED) is 0.657. The van der Waals surface area contributed by atoms with Crippen LogP contribution in [0.1, 0.15) is 13.3 Å². The van der Waals surface area contributed by atoms with Crippen molar-refractivity contribution < 1.29 is 9.90 Å². The molecule has 0 aromatic heterocycles. The summed E-state index contributed by atoms with van der Waals surface area (Å²) in [6, 6.07) is -0.171. The van der Waals surface area contributed by atoms with E-state index in [1.54, 1.807) is 6.92 Å². The van der Waals surface area contributed by atoms with E-state index in [1.165, 1.54) is 0 Å². The highest BCUT2D eigenvalue weighted by molar-refractivity contribution is 5.94. The summed E-state index contributed by atoms with van der Waals surface area (Å²) in [4.78, 5) is 13.7. The molecule has 1 heterocycles. The van der Waals surface area contributed by atoms with Crippen LogP contribution in [0.25, 0.3) is 0 Å². The standard InChI is InChI=1S/C10H18N2O2/c1-8(7-13)11-10(14)9-4-3-5-12(2)6-9/h4,8,13H,3,5-7H2,1-2H3,(H,11,14). The predicted molar refractivity (Wildman–Crippen MR) is 54.9 cm³/mol. The first kappa shape index (κ1) is 11.2. The number of hydrogen-bond donors (Lipinski definition) is 2. The molecule has 2 N–H and O–H groups in total. The molecule has 4 nitrogen and oxygen atoms in total. The van der Waals surface area contributed by atoms with Crippen LogP contribution in [0.5, 0.6) is 0 Å². The second kappa shape index (κ2) is 5.12. The normalized spacial score (nSPS) is 20.1. The van der Waals surface area contributed by atoms with E-state index in [1.807, 2.05) is 13.1 Å². The van der Waals surface area contributed by atoms with Crippen LogP contribution in [-0.4, -0.2) is 48.7 Å². The van der Waals surface area contributed by atoms with Crippen molar-refractivity contribution in [3.8, 4) is 0 Å². The fourth-order valence-corrected chi connectivity index (χ4v) is 1.42. The Hall–Kier alpha value is -0.870. The zero-order valence-electron chi connectivity index (χ0n) is 8.79. The van der Waals surface area contributed by atoms with Crippen molar-refractivity contribution in [2.45, 2.75) is 19.4 Å². The van der Waals surface area contributed by atoms with Crippen molar-refractivity contribution in [3.63, 3.8) is 0 Å². The zero-order valence-corrected chi connectivity index (χ0v) is 8.79. The summed E-state index contributed by atoms with van der Waals surface area (Å²) in [5, 5.41) is 11.5. The molecule has 0 spiro atoms. The molecule has 0 bridgehead atoms. The van der Waals surface area contributed by atoms with Gasteiger partial charge in [-0.05, 0) is 20.4 Å². The van der Waals surface area contributed by atoms with Crippen molar-refractivity contribution in [2.75, 3.05) is 26.7 Å². The van der Waals surface area contributed by atoms with Gasteiger partial charge < -0.3 is 15.3 Å². The molecule has 0 aromatic carbocycles. The lowest BCUT2D eigenvalue weighted by atomic mass is 10.1. The number of aliphatic hydroxyl groups excluding tert-OH is 1. The third-order valence-electron chi connectivity index (χ3n) is 2.28. The lowest BCUT2D eigenvalue weighted by molar-refractivity contribution is -0.118. The molecule has 0 fully saturated rings. The second-order valence-electron chi connectivity index (χ2n) is 3.81. The fraction of sp³-hybridized carbons (Fsp3) is 0.700. The van der Waals surface area contributed by atoms with Gasteiger partial charge in [0.05, 0.1) is 6.61 Å². The molecule has 80 valence electrons. The van der Waals surface area contributed by atoms with E-state index >= 15 is 0 Å². The van der Waals surface area contributed by atoms with Crippen LogP contribution < -0.4 is 5.32 Å². The topological polar surface area (TPSA) is 52.6 Å². The second-order valence-corrected chi connectivity index (χ2v) is 3.81. The summed E-state index contributed by atoms with van der Waals surface area (Å²) in [5.74, 6) is -0.0573. The average Bonchev–Trinajstić information content (AvgIpc) is 2.17. The van der Waals surface area contributed by atoms with E-state index in [0.29, 0.717) is 6.54 Å². The minimum Gasteiger partial charge on any atom is -0.394 e. The number of hydrogen-bond acceptors (Lipinski definition) is 3. The summed E-state index contributed by atoms with van der Waals surface area (Å²) in [7, 11) is 2.00. The minimum absolute atomic E-state index is 0.0190. The van der Waals surface area contributed by atoms with Gasteiger partial charge >= 0.3 is 0 Å². The highest BCUT2D eigenvalue weighted by Crippen LogP contribution is 2.07. The van der Waals surface area contributed by atoms with Crippen LogP contribution in [0.4, 0.5) is 0 Å². The van der Waals surface area contributed by atoms with Gasteiger partial charge in [0, 0.05) is 24.7 Å². The zero-order chi connectivity index (χ0) is 10.6. The van der Waals surface area contributed by atoms with Crippen molar-refractivity contribution in [1.82, 2.24) is 10.2 Å². The van der Waals surface area contributed by atoms with E-state index in [0.717, 1.165) is 18.5 Å². The number of amides is 1. The smallest absolute Gasteiger partial charge is 0.248 e. The number of nitrogens with one attached hydrogen (secondary N) is 1. The molecule has 1 aliphatic rings. The summed E-state index contributed by atoms with van der Waals surface area (Å²) in [6.45, 7) is 3.47. The van der Waals surface area contributed by atoms with Crippen LogP contribution in [-0.2, 0) is 4.79 Å². The molecular formula is C10H18N2O2. The van der Waals surface area contributed by atoms with E-state index in [4.69, 9.17) is 5.11 Å². The van der Waals surface area contributed by atoms with Gasteiger partial charge in [0.1, 0.15) is 0 Å². The maximum absolute atomic E-state index is 11.6. The average molecular weight is 198 g/mol. The Labute approximate surface area is 84.6 Å². The van der Waals surface area contributed by atoms with Gasteiger partial charge in [-0.3, -0.25) is 4.79 Å².